The number of benzene rings is 1. The zero-order chi connectivity index (χ0) is 13.8. The Labute approximate surface area is 118 Å². The Hall–Kier alpha value is -1.02. The van der Waals surface area contributed by atoms with Crippen molar-refractivity contribution in [2.24, 2.45) is 0 Å². The maximum absolute atomic E-state index is 5.15. The molecule has 0 aliphatic carbocycles. The molecule has 0 fully saturated rings. The van der Waals surface area contributed by atoms with Crippen molar-refractivity contribution < 1.29 is 4.74 Å². The maximum atomic E-state index is 5.15. The molecule has 0 unspecified atom stereocenters. The number of methoxy groups -OCH3 is 1. The van der Waals surface area contributed by atoms with E-state index in [1.165, 1.54) is 44.1 Å². The first-order valence-corrected chi connectivity index (χ1v) is 7.70. The van der Waals surface area contributed by atoms with Crippen molar-refractivity contribution in [1.29, 1.82) is 0 Å². The second kappa shape index (κ2) is 10.9. The summed E-state index contributed by atoms with van der Waals surface area (Å²) in [6, 6.07) is 8.35. The first-order chi connectivity index (χ1) is 9.36. The molecule has 108 valence electrons. The van der Waals surface area contributed by atoms with E-state index >= 15 is 0 Å². The van der Waals surface area contributed by atoms with Gasteiger partial charge in [-0.25, -0.2) is 0 Å². The molecule has 0 saturated carbocycles. The molecule has 2 nitrogen and oxygen atoms in total. The SMILES string of the molecule is CCCCCCCCNCCc1ccc(OC)cc1. The normalized spacial score (nSPS) is 10.6. The summed E-state index contributed by atoms with van der Waals surface area (Å²) in [5, 5.41) is 3.52. The summed E-state index contributed by atoms with van der Waals surface area (Å²) in [4.78, 5) is 0. The summed E-state index contributed by atoms with van der Waals surface area (Å²) in [5.41, 5.74) is 1.37. The number of ether oxygens (including phenoxy) is 1. The highest BCUT2D eigenvalue weighted by Crippen LogP contribution is 2.11. The number of hydrogen-bond donors (Lipinski definition) is 1. The third-order valence-electron chi connectivity index (χ3n) is 3.46. The quantitative estimate of drug-likeness (QED) is 0.604. The summed E-state index contributed by atoms with van der Waals surface area (Å²) < 4.78 is 5.15. The van der Waals surface area contributed by atoms with Gasteiger partial charge in [0.05, 0.1) is 7.11 Å². The first kappa shape index (κ1) is 16.0. The zero-order valence-electron chi connectivity index (χ0n) is 12.6. The van der Waals surface area contributed by atoms with Gasteiger partial charge < -0.3 is 10.1 Å². The molecule has 0 bridgehead atoms. The zero-order valence-corrected chi connectivity index (χ0v) is 12.6. The maximum Gasteiger partial charge on any atom is 0.118 e. The Bertz CT molecular complexity index is 308. The second-order valence-corrected chi connectivity index (χ2v) is 5.12. The smallest absolute Gasteiger partial charge is 0.118 e. The molecule has 0 atom stereocenters. The van der Waals surface area contributed by atoms with Crippen molar-refractivity contribution in [2.75, 3.05) is 20.2 Å². The molecule has 19 heavy (non-hydrogen) atoms. The molecule has 0 aliphatic heterocycles. The molecule has 0 amide bonds. The van der Waals surface area contributed by atoms with Gasteiger partial charge in [-0.2, -0.15) is 0 Å². The van der Waals surface area contributed by atoms with Crippen molar-refractivity contribution >= 4 is 0 Å². The van der Waals surface area contributed by atoms with Crippen molar-refractivity contribution in [3.8, 4) is 5.75 Å². The van der Waals surface area contributed by atoms with Crippen molar-refractivity contribution in [3.63, 3.8) is 0 Å². The van der Waals surface area contributed by atoms with Crippen LogP contribution in [0.3, 0.4) is 0 Å². The van der Waals surface area contributed by atoms with E-state index in [2.05, 4.69) is 24.4 Å². The van der Waals surface area contributed by atoms with E-state index in [9.17, 15) is 0 Å². The van der Waals surface area contributed by atoms with Gasteiger partial charge in [-0.05, 0) is 43.6 Å². The lowest BCUT2D eigenvalue weighted by Crippen LogP contribution is -2.18. The van der Waals surface area contributed by atoms with Crippen molar-refractivity contribution in [3.05, 3.63) is 29.8 Å². The van der Waals surface area contributed by atoms with E-state index < -0.39 is 0 Å². The van der Waals surface area contributed by atoms with Crippen LogP contribution in [0.4, 0.5) is 0 Å². The fourth-order valence-electron chi connectivity index (χ4n) is 2.18. The van der Waals surface area contributed by atoms with Crippen LogP contribution in [-0.4, -0.2) is 20.2 Å². The van der Waals surface area contributed by atoms with Crippen LogP contribution in [0, 0.1) is 0 Å². The van der Waals surface area contributed by atoms with E-state index in [0.717, 1.165) is 25.3 Å². The summed E-state index contributed by atoms with van der Waals surface area (Å²) >= 11 is 0. The van der Waals surface area contributed by atoms with Gasteiger partial charge in [0, 0.05) is 0 Å². The average Bonchev–Trinajstić information content (AvgIpc) is 2.46. The van der Waals surface area contributed by atoms with Crippen LogP contribution in [0.15, 0.2) is 24.3 Å². The Kier molecular flexibility index (Phi) is 9.17. The molecule has 0 radical (unpaired) electrons. The van der Waals surface area contributed by atoms with Crippen LogP contribution in [0.2, 0.25) is 0 Å². The van der Waals surface area contributed by atoms with Gasteiger partial charge >= 0.3 is 0 Å². The number of unbranched alkanes of at least 4 members (excludes halogenated alkanes) is 5. The molecular formula is C17H29NO. The van der Waals surface area contributed by atoms with Crippen LogP contribution < -0.4 is 10.1 Å². The average molecular weight is 263 g/mol. The standard InChI is InChI=1S/C17H29NO/c1-3-4-5-6-7-8-14-18-15-13-16-9-11-17(19-2)12-10-16/h9-12,18H,3-8,13-15H2,1-2H3. The van der Waals surface area contributed by atoms with Gasteiger partial charge in [0.2, 0.25) is 0 Å². The van der Waals surface area contributed by atoms with Crippen LogP contribution in [0.5, 0.6) is 5.75 Å². The largest absolute Gasteiger partial charge is 0.497 e. The van der Waals surface area contributed by atoms with Gasteiger partial charge in [-0.3, -0.25) is 0 Å². The molecular weight excluding hydrogens is 234 g/mol. The first-order valence-electron chi connectivity index (χ1n) is 7.70. The highest BCUT2D eigenvalue weighted by atomic mass is 16.5. The van der Waals surface area contributed by atoms with Crippen LogP contribution in [0.25, 0.3) is 0 Å². The monoisotopic (exact) mass is 263 g/mol. The summed E-state index contributed by atoms with van der Waals surface area (Å²) in [6.45, 7) is 4.49. The second-order valence-electron chi connectivity index (χ2n) is 5.12. The van der Waals surface area contributed by atoms with Gasteiger partial charge in [0.15, 0.2) is 0 Å². The Balaban J connectivity index is 1.95. The molecule has 0 spiro atoms. The van der Waals surface area contributed by atoms with Crippen molar-refractivity contribution in [1.82, 2.24) is 5.32 Å². The number of rotatable bonds is 11. The van der Waals surface area contributed by atoms with E-state index in [-0.39, 0.29) is 0 Å². The molecule has 2 heteroatoms. The predicted molar refractivity (Wildman–Crippen MR) is 82.9 cm³/mol. The van der Waals surface area contributed by atoms with Gasteiger partial charge in [0.1, 0.15) is 5.75 Å². The fraction of sp³-hybridized carbons (Fsp3) is 0.647. The lowest BCUT2D eigenvalue weighted by molar-refractivity contribution is 0.414. The third-order valence-corrected chi connectivity index (χ3v) is 3.46. The molecule has 1 rings (SSSR count). The highest BCUT2D eigenvalue weighted by molar-refractivity contribution is 5.27. The summed E-state index contributed by atoms with van der Waals surface area (Å²) in [6.07, 6.45) is 9.31. The van der Waals surface area contributed by atoms with Crippen LogP contribution in [-0.2, 0) is 6.42 Å². The number of nitrogens with one attached hydrogen (secondary N) is 1. The minimum atomic E-state index is 0.934. The lowest BCUT2D eigenvalue weighted by atomic mass is 10.1. The molecule has 0 aliphatic rings. The predicted octanol–water partition coefficient (Wildman–Crippen LogP) is 4.19. The summed E-state index contributed by atoms with van der Waals surface area (Å²) in [5.74, 6) is 0.934. The summed E-state index contributed by atoms with van der Waals surface area (Å²) in [7, 11) is 1.71. The lowest BCUT2D eigenvalue weighted by Gasteiger charge is -2.06. The molecule has 1 aromatic carbocycles. The Morgan fingerprint density at radius 2 is 1.58 bits per heavy atom. The van der Waals surface area contributed by atoms with Crippen LogP contribution >= 0.6 is 0 Å². The molecule has 0 heterocycles. The molecule has 0 saturated heterocycles. The van der Waals surface area contributed by atoms with Gasteiger partial charge in [-0.1, -0.05) is 51.2 Å². The molecule has 1 aromatic rings. The topological polar surface area (TPSA) is 21.3 Å². The minimum Gasteiger partial charge on any atom is -0.497 e. The Morgan fingerprint density at radius 1 is 0.895 bits per heavy atom. The Morgan fingerprint density at radius 3 is 2.26 bits per heavy atom. The highest BCUT2D eigenvalue weighted by Gasteiger charge is 1.95. The van der Waals surface area contributed by atoms with Crippen LogP contribution in [0.1, 0.15) is 51.0 Å². The molecule has 0 aromatic heterocycles. The van der Waals surface area contributed by atoms with Gasteiger partial charge in [-0.15, -0.1) is 0 Å². The number of hydrogen-bond acceptors (Lipinski definition) is 2. The van der Waals surface area contributed by atoms with Crippen molar-refractivity contribution in [2.45, 2.75) is 51.9 Å². The molecule has 1 N–H and O–H groups in total. The van der Waals surface area contributed by atoms with Gasteiger partial charge in [0.25, 0.3) is 0 Å². The fourth-order valence-corrected chi connectivity index (χ4v) is 2.18. The third kappa shape index (κ3) is 7.89. The van der Waals surface area contributed by atoms with E-state index in [4.69, 9.17) is 4.74 Å². The van der Waals surface area contributed by atoms with E-state index in [1.54, 1.807) is 7.11 Å². The van der Waals surface area contributed by atoms with E-state index in [0.29, 0.717) is 0 Å². The minimum absolute atomic E-state index is 0.934. The van der Waals surface area contributed by atoms with E-state index in [1.807, 2.05) is 12.1 Å².